The highest BCUT2D eigenvalue weighted by molar-refractivity contribution is 6.31. The van der Waals surface area contributed by atoms with Crippen LogP contribution in [0.15, 0.2) is 24.7 Å². The Labute approximate surface area is 102 Å². The lowest BCUT2D eigenvalue weighted by Gasteiger charge is -2.17. The standard InChI is InChI=1S/C10H11ClFN5/c1-17-10(7(11)4-15-17)9(16-13)6-2-3-14-5-8(6)12/h2-5,9,16H,13H2,1H3. The predicted molar refractivity (Wildman–Crippen MR) is 61.6 cm³/mol. The SMILES string of the molecule is Cn1ncc(Cl)c1C(NN)c1ccncc1F. The molecule has 0 saturated carbocycles. The van der Waals surface area contributed by atoms with Gasteiger partial charge in [0.15, 0.2) is 0 Å². The number of rotatable bonds is 3. The van der Waals surface area contributed by atoms with Gasteiger partial charge in [-0.3, -0.25) is 15.5 Å². The molecule has 2 aromatic heterocycles. The van der Waals surface area contributed by atoms with Gasteiger partial charge < -0.3 is 0 Å². The summed E-state index contributed by atoms with van der Waals surface area (Å²) in [6, 6.07) is 0.974. The van der Waals surface area contributed by atoms with E-state index in [-0.39, 0.29) is 0 Å². The fourth-order valence-electron chi connectivity index (χ4n) is 1.68. The number of hydrogen-bond acceptors (Lipinski definition) is 4. The Morgan fingerprint density at radius 3 is 2.82 bits per heavy atom. The lowest BCUT2D eigenvalue weighted by atomic mass is 10.1. The summed E-state index contributed by atoms with van der Waals surface area (Å²) in [6.45, 7) is 0. The minimum atomic E-state index is -0.571. The summed E-state index contributed by atoms with van der Waals surface area (Å²) >= 11 is 6.00. The molecule has 17 heavy (non-hydrogen) atoms. The van der Waals surface area contributed by atoms with Crippen LogP contribution in [0, 0.1) is 5.82 Å². The van der Waals surface area contributed by atoms with Gasteiger partial charge in [0.05, 0.1) is 29.2 Å². The van der Waals surface area contributed by atoms with Crippen molar-refractivity contribution in [3.63, 3.8) is 0 Å². The first-order valence-corrected chi connectivity index (χ1v) is 5.26. The smallest absolute Gasteiger partial charge is 0.146 e. The number of nitrogens with zero attached hydrogens (tertiary/aromatic N) is 3. The topological polar surface area (TPSA) is 68.8 Å². The number of aryl methyl sites for hydroxylation is 1. The lowest BCUT2D eigenvalue weighted by molar-refractivity contribution is 0.530. The monoisotopic (exact) mass is 255 g/mol. The van der Waals surface area contributed by atoms with Crippen LogP contribution in [0.1, 0.15) is 17.3 Å². The zero-order valence-corrected chi connectivity index (χ0v) is 9.82. The maximum absolute atomic E-state index is 13.7. The molecule has 0 aliphatic rings. The quantitative estimate of drug-likeness (QED) is 0.638. The molecule has 2 rings (SSSR count). The molecule has 0 radical (unpaired) electrons. The van der Waals surface area contributed by atoms with Gasteiger partial charge in [0, 0.05) is 18.8 Å². The minimum absolute atomic E-state index is 0.369. The number of nitrogens with two attached hydrogens (primary N) is 1. The van der Waals surface area contributed by atoms with Crippen molar-refractivity contribution >= 4 is 11.6 Å². The van der Waals surface area contributed by atoms with Gasteiger partial charge in [0.25, 0.3) is 0 Å². The molecule has 0 aliphatic carbocycles. The van der Waals surface area contributed by atoms with Crippen molar-refractivity contribution < 1.29 is 4.39 Å². The van der Waals surface area contributed by atoms with E-state index in [1.165, 1.54) is 12.4 Å². The molecule has 90 valence electrons. The van der Waals surface area contributed by atoms with E-state index in [4.69, 9.17) is 17.4 Å². The number of pyridine rings is 1. The fraction of sp³-hybridized carbons (Fsp3) is 0.200. The number of hydrazine groups is 1. The Morgan fingerprint density at radius 1 is 1.53 bits per heavy atom. The summed E-state index contributed by atoms with van der Waals surface area (Å²) < 4.78 is 15.2. The maximum Gasteiger partial charge on any atom is 0.146 e. The Morgan fingerprint density at radius 2 is 2.29 bits per heavy atom. The van der Waals surface area contributed by atoms with Crippen molar-refractivity contribution in [2.45, 2.75) is 6.04 Å². The molecule has 0 aromatic carbocycles. The third-order valence-electron chi connectivity index (χ3n) is 2.49. The molecule has 2 heterocycles. The van der Waals surface area contributed by atoms with Crippen LogP contribution in [-0.4, -0.2) is 14.8 Å². The third-order valence-corrected chi connectivity index (χ3v) is 2.78. The van der Waals surface area contributed by atoms with Crippen molar-refractivity contribution in [1.29, 1.82) is 0 Å². The highest BCUT2D eigenvalue weighted by Crippen LogP contribution is 2.28. The predicted octanol–water partition coefficient (Wildman–Crippen LogP) is 1.16. The van der Waals surface area contributed by atoms with E-state index in [2.05, 4.69) is 15.5 Å². The van der Waals surface area contributed by atoms with E-state index in [1.807, 2.05) is 0 Å². The van der Waals surface area contributed by atoms with Gasteiger partial charge >= 0.3 is 0 Å². The average molecular weight is 256 g/mol. The van der Waals surface area contributed by atoms with Crippen molar-refractivity contribution in [3.8, 4) is 0 Å². The van der Waals surface area contributed by atoms with Crippen LogP contribution < -0.4 is 11.3 Å². The van der Waals surface area contributed by atoms with E-state index in [0.29, 0.717) is 16.3 Å². The summed E-state index contributed by atoms with van der Waals surface area (Å²) in [6.07, 6.45) is 4.11. The zero-order chi connectivity index (χ0) is 12.4. The molecule has 0 bridgehead atoms. The van der Waals surface area contributed by atoms with Gasteiger partial charge in [-0.2, -0.15) is 5.10 Å². The molecular formula is C10H11ClFN5. The fourth-order valence-corrected chi connectivity index (χ4v) is 1.96. The highest BCUT2D eigenvalue weighted by Gasteiger charge is 2.22. The first-order valence-electron chi connectivity index (χ1n) is 4.88. The number of halogens is 2. The van der Waals surface area contributed by atoms with Crippen molar-refractivity contribution in [2.24, 2.45) is 12.9 Å². The third kappa shape index (κ3) is 2.14. The van der Waals surface area contributed by atoms with Crippen LogP contribution >= 0.6 is 11.6 Å². The van der Waals surface area contributed by atoms with Crippen LogP contribution in [0.5, 0.6) is 0 Å². The Hall–Kier alpha value is -1.50. The van der Waals surface area contributed by atoms with Crippen LogP contribution in [0.4, 0.5) is 4.39 Å². The molecule has 1 atom stereocenters. The maximum atomic E-state index is 13.7. The van der Waals surface area contributed by atoms with Crippen LogP contribution in [-0.2, 0) is 7.05 Å². The van der Waals surface area contributed by atoms with Crippen molar-refractivity contribution in [2.75, 3.05) is 0 Å². The summed E-state index contributed by atoms with van der Waals surface area (Å²) in [7, 11) is 1.71. The van der Waals surface area contributed by atoms with Gasteiger partial charge in [-0.15, -0.1) is 0 Å². The van der Waals surface area contributed by atoms with Crippen molar-refractivity contribution in [3.05, 3.63) is 46.8 Å². The molecule has 2 aromatic rings. The van der Waals surface area contributed by atoms with Gasteiger partial charge in [-0.25, -0.2) is 9.82 Å². The average Bonchev–Trinajstić information content (AvgIpc) is 2.64. The molecule has 7 heteroatoms. The molecule has 0 spiro atoms. The summed E-state index contributed by atoms with van der Waals surface area (Å²) in [4.78, 5) is 3.69. The van der Waals surface area contributed by atoms with Crippen LogP contribution in [0.25, 0.3) is 0 Å². The molecule has 0 amide bonds. The normalized spacial score (nSPS) is 12.7. The minimum Gasteiger partial charge on any atom is -0.271 e. The number of nitrogens with one attached hydrogen (secondary N) is 1. The Balaban J connectivity index is 2.52. The highest BCUT2D eigenvalue weighted by atomic mass is 35.5. The largest absolute Gasteiger partial charge is 0.271 e. The van der Waals surface area contributed by atoms with Gasteiger partial charge in [0.1, 0.15) is 5.82 Å². The molecule has 0 saturated heterocycles. The molecular weight excluding hydrogens is 245 g/mol. The number of aromatic nitrogens is 3. The van der Waals surface area contributed by atoms with E-state index in [1.54, 1.807) is 17.8 Å². The van der Waals surface area contributed by atoms with Gasteiger partial charge in [0.2, 0.25) is 0 Å². The zero-order valence-electron chi connectivity index (χ0n) is 9.06. The Bertz CT molecular complexity index is 508. The second-order valence-corrected chi connectivity index (χ2v) is 3.91. The molecule has 0 fully saturated rings. The second-order valence-electron chi connectivity index (χ2n) is 3.50. The molecule has 0 aliphatic heterocycles. The first kappa shape index (κ1) is 12.0. The van der Waals surface area contributed by atoms with E-state index >= 15 is 0 Å². The number of hydrogen-bond donors (Lipinski definition) is 2. The van der Waals surface area contributed by atoms with Crippen LogP contribution in [0.3, 0.4) is 0 Å². The first-order chi connectivity index (χ1) is 8.15. The Kier molecular flexibility index (Phi) is 3.37. The van der Waals surface area contributed by atoms with E-state index in [0.717, 1.165) is 6.20 Å². The molecule has 1 unspecified atom stereocenters. The lowest BCUT2D eigenvalue weighted by Crippen LogP contribution is -2.31. The van der Waals surface area contributed by atoms with Crippen molar-refractivity contribution in [1.82, 2.24) is 20.2 Å². The second kappa shape index (κ2) is 4.79. The van der Waals surface area contributed by atoms with Gasteiger partial charge in [-0.05, 0) is 6.07 Å². The van der Waals surface area contributed by atoms with Crippen LogP contribution in [0.2, 0.25) is 5.02 Å². The van der Waals surface area contributed by atoms with E-state index < -0.39 is 11.9 Å². The summed E-state index contributed by atoms with van der Waals surface area (Å²) in [5.74, 6) is 5.01. The summed E-state index contributed by atoms with van der Waals surface area (Å²) in [5.41, 5.74) is 3.50. The van der Waals surface area contributed by atoms with E-state index in [9.17, 15) is 4.39 Å². The molecule has 3 N–H and O–H groups in total. The molecule has 5 nitrogen and oxygen atoms in total. The van der Waals surface area contributed by atoms with Gasteiger partial charge in [-0.1, -0.05) is 11.6 Å². The summed E-state index contributed by atoms with van der Waals surface area (Å²) in [5, 5.41) is 4.41.